The number of aliphatic hydroxyl groups is 1. The molecule has 0 amide bonds. The zero-order valence-corrected chi connectivity index (χ0v) is 10.1. The standard InChI is InChI=1S/C14H17FN2O/c15-10-3-4-13-11(6-10)12(8-17-13)14(18)9-2-1-5-16-7-9/h3-4,6,8-9,14,16-18H,1-2,5,7H2. The second-order valence-corrected chi connectivity index (χ2v) is 4.99. The largest absolute Gasteiger partial charge is 0.388 e. The van der Waals surface area contributed by atoms with Crippen molar-refractivity contribution in [2.24, 2.45) is 5.92 Å². The van der Waals surface area contributed by atoms with Crippen LogP contribution >= 0.6 is 0 Å². The number of aliphatic hydroxyl groups excluding tert-OH is 1. The maximum Gasteiger partial charge on any atom is 0.123 e. The van der Waals surface area contributed by atoms with Gasteiger partial charge in [-0.05, 0) is 37.6 Å². The summed E-state index contributed by atoms with van der Waals surface area (Å²) in [6.45, 7) is 1.84. The third-order valence-electron chi connectivity index (χ3n) is 3.78. The Morgan fingerprint density at radius 2 is 2.28 bits per heavy atom. The summed E-state index contributed by atoms with van der Waals surface area (Å²) in [6, 6.07) is 4.62. The molecule has 0 spiro atoms. The fraction of sp³-hybridized carbons (Fsp3) is 0.429. The lowest BCUT2D eigenvalue weighted by atomic mass is 9.89. The van der Waals surface area contributed by atoms with Gasteiger partial charge < -0.3 is 15.4 Å². The number of piperidine rings is 1. The lowest BCUT2D eigenvalue weighted by Gasteiger charge is -2.27. The molecule has 96 valence electrons. The molecule has 4 heteroatoms. The third kappa shape index (κ3) is 2.02. The van der Waals surface area contributed by atoms with Crippen molar-refractivity contribution in [1.82, 2.24) is 10.3 Å². The summed E-state index contributed by atoms with van der Waals surface area (Å²) in [4.78, 5) is 3.09. The van der Waals surface area contributed by atoms with E-state index in [0.29, 0.717) is 0 Å². The summed E-state index contributed by atoms with van der Waals surface area (Å²) in [5, 5.41) is 14.5. The summed E-state index contributed by atoms with van der Waals surface area (Å²) < 4.78 is 13.3. The average molecular weight is 248 g/mol. The van der Waals surface area contributed by atoms with Crippen LogP contribution in [0.2, 0.25) is 0 Å². The highest BCUT2D eigenvalue weighted by atomic mass is 19.1. The number of H-pyrrole nitrogens is 1. The number of benzene rings is 1. The van der Waals surface area contributed by atoms with E-state index in [-0.39, 0.29) is 11.7 Å². The third-order valence-corrected chi connectivity index (χ3v) is 3.78. The summed E-state index contributed by atoms with van der Waals surface area (Å²) >= 11 is 0. The molecule has 3 nitrogen and oxygen atoms in total. The molecule has 2 aromatic rings. The Labute approximate surface area is 105 Å². The first kappa shape index (κ1) is 11.7. The molecule has 0 aliphatic carbocycles. The van der Waals surface area contributed by atoms with Gasteiger partial charge >= 0.3 is 0 Å². The molecular formula is C14H17FN2O. The summed E-state index contributed by atoms with van der Waals surface area (Å²) in [6.07, 6.45) is 3.35. The zero-order chi connectivity index (χ0) is 12.5. The molecule has 2 atom stereocenters. The Balaban J connectivity index is 1.95. The van der Waals surface area contributed by atoms with Crippen molar-refractivity contribution in [2.45, 2.75) is 18.9 Å². The van der Waals surface area contributed by atoms with Gasteiger partial charge in [0.05, 0.1) is 6.10 Å². The predicted molar refractivity (Wildman–Crippen MR) is 68.8 cm³/mol. The topological polar surface area (TPSA) is 48.0 Å². The summed E-state index contributed by atoms with van der Waals surface area (Å²) in [5.41, 5.74) is 1.67. The van der Waals surface area contributed by atoms with Gasteiger partial charge in [0.2, 0.25) is 0 Å². The highest BCUT2D eigenvalue weighted by molar-refractivity contribution is 5.83. The van der Waals surface area contributed by atoms with Crippen molar-refractivity contribution in [2.75, 3.05) is 13.1 Å². The van der Waals surface area contributed by atoms with Crippen LogP contribution in [0.5, 0.6) is 0 Å². The highest BCUT2D eigenvalue weighted by Gasteiger charge is 2.25. The van der Waals surface area contributed by atoms with E-state index in [9.17, 15) is 9.50 Å². The molecule has 1 aliphatic rings. The van der Waals surface area contributed by atoms with Gasteiger partial charge in [-0.3, -0.25) is 0 Å². The van der Waals surface area contributed by atoms with E-state index >= 15 is 0 Å². The van der Waals surface area contributed by atoms with Crippen LogP contribution in [0.3, 0.4) is 0 Å². The van der Waals surface area contributed by atoms with Crippen LogP contribution in [-0.4, -0.2) is 23.2 Å². The van der Waals surface area contributed by atoms with Gasteiger partial charge in [-0.1, -0.05) is 0 Å². The maximum absolute atomic E-state index is 13.3. The van der Waals surface area contributed by atoms with Crippen molar-refractivity contribution in [1.29, 1.82) is 0 Å². The molecule has 3 N–H and O–H groups in total. The molecule has 1 saturated heterocycles. The van der Waals surface area contributed by atoms with E-state index in [1.807, 2.05) is 0 Å². The number of nitrogens with one attached hydrogen (secondary N) is 2. The Morgan fingerprint density at radius 1 is 1.39 bits per heavy atom. The fourth-order valence-corrected chi connectivity index (χ4v) is 2.76. The summed E-state index contributed by atoms with van der Waals surface area (Å²) in [7, 11) is 0. The first-order valence-corrected chi connectivity index (χ1v) is 6.41. The van der Waals surface area contributed by atoms with E-state index in [1.165, 1.54) is 12.1 Å². The van der Waals surface area contributed by atoms with Gasteiger partial charge in [0.25, 0.3) is 0 Å². The molecule has 2 unspecified atom stereocenters. The molecule has 1 aromatic heterocycles. The molecule has 1 aliphatic heterocycles. The van der Waals surface area contributed by atoms with Crippen LogP contribution in [0.4, 0.5) is 4.39 Å². The molecule has 0 bridgehead atoms. The quantitative estimate of drug-likeness (QED) is 0.764. The van der Waals surface area contributed by atoms with Gasteiger partial charge in [-0.15, -0.1) is 0 Å². The number of fused-ring (bicyclic) bond motifs is 1. The van der Waals surface area contributed by atoms with E-state index in [2.05, 4.69) is 10.3 Å². The van der Waals surface area contributed by atoms with Crippen LogP contribution in [0, 0.1) is 11.7 Å². The Kier molecular flexibility index (Phi) is 3.06. The average Bonchev–Trinajstić information content (AvgIpc) is 2.82. The van der Waals surface area contributed by atoms with E-state index < -0.39 is 6.10 Å². The van der Waals surface area contributed by atoms with E-state index in [0.717, 1.165) is 42.4 Å². The SMILES string of the molecule is OC(c1c[nH]c2ccc(F)cc12)C1CCCNC1. The van der Waals surface area contributed by atoms with Gasteiger partial charge in [-0.25, -0.2) is 4.39 Å². The molecule has 0 radical (unpaired) electrons. The number of rotatable bonds is 2. The van der Waals surface area contributed by atoms with Crippen LogP contribution in [0.25, 0.3) is 10.9 Å². The van der Waals surface area contributed by atoms with E-state index in [1.54, 1.807) is 12.3 Å². The molecule has 18 heavy (non-hydrogen) atoms. The van der Waals surface area contributed by atoms with Crippen molar-refractivity contribution in [3.8, 4) is 0 Å². The highest BCUT2D eigenvalue weighted by Crippen LogP contribution is 2.32. The lowest BCUT2D eigenvalue weighted by Crippen LogP contribution is -2.33. The smallest absolute Gasteiger partial charge is 0.123 e. The molecule has 0 saturated carbocycles. The molecular weight excluding hydrogens is 231 g/mol. The van der Waals surface area contributed by atoms with Gasteiger partial charge in [0.1, 0.15) is 5.82 Å². The Bertz CT molecular complexity index is 546. The fourth-order valence-electron chi connectivity index (χ4n) is 2.76. The van der Waals surface area contributed by atoms with Crippen molar-refractivity contribution in [3.63, 3.8) is 0 Å². The first-order chi connectivity index (χ1) is 8.75. The molecule has 3 rings (SSSR count). The number of hydrogen-bond donors (Lipinski definition) is 3. The summed E-state index contributed by atoms with van der Waals surface area (Å²) in [5.74, 6) is -0.0571. The minimum Gasteiger partial charge on any atom is -0.388 e. The monoisotopic (exact) mass is 248 g/mol. The number of aromatic amines is 1. The zero-order valence-electron chi connectivity index (χ0n) is 10.1. The van der Waals surface area contributed by atoms with Gasteiger partial charge in [-0.2, -0.15) is 0 Å². The van der Waals surface area contributed by atoms with Crippen LogP contribution in [0.15, 0.2) is 24.4 Å². The first-order valence-electron chi connectivity index (χ1n) is 6.41. The van der Waals surface area contributed by atoms with Crippen molar-refractivity contribution < 1.29 is 9.50 Å². The lowest BCUT2D eigenvalue weighted by molar-refractivity contribution is 0.0934. The second kappa shape index (κ2) is 4.71. The predicted octanol–water partition coefficient (Wildman–Crippen LogP) is 2.34. The molecule has 1 aromatic carbocycles. The Morgan fingerprint density at radius 3 is 3.06 bits per heavy atom. The number of halogens is 1. The van der Waals surface area contributed by atoms with Crippen molar-refractivity contribution >= 4 is 10.9 Å². The maximum atomic E-state index is 13.3. The minimum atomic E-state index is -0.534. The molecule has 2 heterocycles. The van der Waals surface area contributed by atoms with Crippen molar-refractivity contribution in [3.05, 3.63) is 35.8 Å². The minimum absolute atomic E-state index is 0.209. The van der Waals surface area contributed by atoms with Gasteiger partial charge in [0.15, 0.2) is 0 Å². The van der Waals surface area contributed by atoms with Crippen LogP contribution < -0.4 is 5.32 Å². The van der Waals surface area contributed by atoms with Crippen LogP contribution in [0.1, 0.15) is 24.5 Å². The van der Waals surface area contributed by atoms with Gasteiger partial charge in [0, 0.05) is 35.1 Å². The Hall–Kier alpha value is -1.39. The number of aromatic nitrogens is 1. The number of hydrogen-bond acceptors (Lipinski definition) is 2. The van der Waals surface area contributed by atoms with E-state index in [4.69, 9.17) is 0 Å². The normalized spacial score (nSPS) is 22.2. The molecule has 1 fully saturated rings. The van der Waals surface area contributed by atoms with Crippen LogP contribution in [-0.2, 0) is 0 Å². The second-order valence-electron chi connectivity index (χ2n) is 4.99.